The summed E-state index contributed by atoms with van der Waals surface area (Å²) in [5.41, 5.74) is -0.158. The summed E-state index contributed by atoms with van der Waals surface area (Å²) in [6.45, 7) is 8.69. The Kier molecular flexibility index (Phi) is 4.55. The third kappa shape index (κ3) is 4.33. The Balaban J connectivity index is 1.86. The molecule has 1 aromatic heterocycles. The molecule has 0 spiro atoms. The highest BCUT2D eigenvalue weighted by Gasteiger charge is 2.28. The zero-order valence-corrected chi connectivity index (χ0v) is 11.7. The van der Waals surface area contributed by atoms with Gasteiger partial charge in [0.05, 0.1) is 18.3 Å². The van der Waals surface area contributed by atoms with Crippen molar-refractivity contribution in [1.29, 1.82) is 0 Å². The Hall–Kier alpha value is -1.40. The number of nitrogens with zero attached hydrogens (tertiary/aromatic N) is 2. The molecule has 106 valence electrons. The molecular weight excluding hydrogens is 246 g/mol. The first-order valence-electron chi connectivity index (χ1n) is 6.55. The summed E-state index contributed by atoms with van der Waals surface area (Å²) in [7, 11) is 0. The van der Waals surface area contributed by atoms with Crippen molar-refractivity contribution in [3.63, 3.8) is 0 Å². The van der Waals surface area contributed by atoms with E-state index in [2.05, 4.69) is 29.1 Å². The standard InChI is InChI=1S/C13H21N3O3/c1-4-17-11-5-12(16-9-15-11)18-7-10-6-14-8-13(2,3)19-10/h5,9-10,14H,4,6-8H2,1-3H3. The van der Waals surface area contributed by atoms with Crippen LogP contribution in [0.4, 0.5) is 0 Å². The summed E-state index contributed by atoms with van der Waals surface area (Å²) in [5.74, 6) is 1.03. The Labute approximate surface area is 113 Å². The van der Waals surface area contributed by atoms with E-state index in [1.165, 1.54) is 6.33 Å². The molecule has 0 bridgehead atoms. The number of nitrogens with one attached hydrogen (secondary N) is 1. The number of hydrogen-bond acceptors (Lipinski definition) is 6. The van der Waals surface area contributed by atoms with Gasteiger partial charge >= 0.3 is 0 Å². The third-order valence-corrected chi connectivity index (χ3v) is 2.73. The molecule has 1 saturated heterocycles. The number of hydrogen-bond donors (Lipinski definition) is 1. The van der Waals surface area contributed by atoms with Crippen LogP contribution in [0.15, 0.2) is 12.4 Å². The number of ether oxygens (including phenoxy) is 3. The predicted octanol–water partition coefficient (Wildman–Crippen LogP) is 1.02. The van der Waals surface area contributed by atoms with Gasteiger partial charge < -0.3 is 19.5 Å². The summed E-state index contributed by atoms with van der Waals surface area (Å²) in [6.07, 6.45) is 1.46. The minimum absolute atomic E-state index is 0.0225. The zero-order valence-electron chi connectivity index (χ0n) is 11.7. The van der Waals surface area contributed by atoms with Gasteiger partial charge in [0.15, 0.2) is 0 Å². The molecule has 2 rings (SSSR count). The molecule has 0 aliphatic carbocycles. The quantitative estimate of drug-likeness (QED) is 0.859. The predicted molar refractivity (Wildman–Crippen MR) is 70.5 cm³/mol. The maximum absolute atomic E-state index is 5.91. The lowest BCUT2D eigenvalue weighted by Gasteiger charge is -2.36. The topological polar surface area (TPSA) is 65.5 Å². The van der Waals surface area contributed by atoms with Crippen molar-refractivity contribution in [2.24, 2.45) is 0 Å². The second kappa shape index (κ2) is 6.16. The van der Waals surface area contributed by atoms with Crippen LogP contribution in [0.3, 0.4) is 0 Å². The van der Waals surface area contributed by atoms with Gasteiger partial charge in [-0.2, -0.15) is 0 Å². The van der Waals surface area contributed by atoms with Crippen molar-refractivity contribution in [2.45, 2.75) is 32.5 Å². The summed E-state index contributed by atoms with van der Waals surface area (Å²) in [4.78, 5) is 8.04. The normalized spacial score (nSPS) is 21.9. The molecule has 2 heterocycles. The molecule has 1 N–H and O–H groups in total. The third-order valence-electron chi connectivity index (χ3n) is 2.73. The van der Waals surface area contributed by atoms with Crippen LogP contribution < -0.4 is 14.8 Å². The van der Waals surface area contributed by atoms with Crippen molar-refractivity contribution in [3.05, 3.63) is 12.4 Å². The van der Waals surface area contributed by atoms with E-state index in [1.54, 1.807) is 6.07 Å². The van der Waals surface area contributed by atoms with Gasteiger partial charge in [-0.1, -0.05) is 0 Å². The second-order valence-corrected chi connectivity index (χ2v) is 5.07. The molecule has 0 aromatic carbocycles. The van der Waals surface area contributed by atoms with E-state index in [0.717, 1.165) is 13.1 Å². The fourth-order valence-electron chi connectivity index (χ4n) is 1.97. The van der Waals surface area contributed by atoms with Gasteiger partial charge in [-0.25, -0.2) is 9.97 Å². The van der Waals surface area contributed by atoms with Gasteiger partial charge in [-0.3, -0.25) is 0 Å². The number of aromatic nitrogens is 2. The first-order valence-corrected chi connectivity index (χ1v) is 6.55. The van der Waals surface area contributed by atoms with Crippen LogP contribution in [0.2, 0.25) is 0 Å². The smallest absolute Gasteiger partial charge is 0.220 e. The van der Waals surface area contributed by atoms with Crippen LogP contribution in [0.25, 0.3) is 0 Å². The van der Waals surface area contributed by atoms with Crippen molar-refractivity contribution >= 4 is 0 Å². The van der Waals surface area contributed by atoms with Gasteiger partial charge in [-0.05, 0) is 20.8 Å². The summed E-state index contributed by atoms with van der Waals surface area (Å²) >= 11 is 0. The molecule has 0 radical (unpaired) electrons. The summed E-state index contributed by atoms with van der Waals surface area (Å²) in [5, 5.41) is 3.33. The first kappa shape index (κ1) is 14.0. The lowest BCUT2D eigenvalue weighted by molar-refractivity contribution is -0.107. The molecule has 1 aliphatic heterocycles. The molecule has 0 amide bonds. The van der Waals surface area contributed by atoms with Crippen molar-refractivity contribution in [3.8, 4) is 11.8 Å². The first-order chi connectivity index (χ1) is 9.09. The van der Waals surface area contributed by atoms with Gasteiger partial charge in [0.25, 0.3) is 0 Å². The molecule has 19 heavy (non-hydrogen) atoms. The Bertz CT molecular complexity index is 412. The highest BCUT2D eigenvalue weighted by molar-refractivity contribution is 5.18. The maximum atomic E-state index is 5.91. The Morgan fingerprint density at radius 3 is 2.79 bits per heavy atom. The minimum Gasteiger partial charge on any atom is -0.478 e. The average molecular weight is 267 g/mol. The molecule has 1 atom stereocenters. The molecule has 6 heteroatoms. The fourth-order valence-corrected chi connectivity index (χ4v) is 1.97. The second-order valence-electron chi connectivity index (χ2n) is 5.07. The lowest BCUT2D eigenvalue weighted by Crippen LogP contribution is -2.52. The SMILES string of the molecule is CCOc1cc(OCC2CNCC(C)(C)O2)ncn1. The monoisotopic (exact) mass is 267 g/mol. The summed E-state index contributed by atoms with van der Waals surface area (Å²) in [6, 6.07) is 1.69. The largest absolute Gasteiger partial charge is 0.478 e. The van der Waals surface area contributed by atoms with Gasteiger partial charge in [-0.15, -0.1) is 0 Å². The fraction of sp³-hybridized carbons (Fsp3) is 0.692. The van der Waals surface area contributed by atoms with Crippen LogP contribution >= 0.6 is 0 Å². The van der Waals surface area contributed by atoms with Crippen LogP contribution in [0, 0.1) is 0 Å². The number of morpholine rings is 1. The Morgan fingerprint density at radius 2 is 2.11 bits per heavy atom. The van der Waals surface area contributed by atoms with E-state index in [4.69, 9.17) is 14.2 Å². The molecule has 0 saturated carbocycles. The van der Waals surface area contributed by atoms with Crippen LogP contribution in [0.5, 0.6) is 11.8 Å². The minimum atomic E-state index is -0.158. The summed E-state index contributed by atoms with van der Waals surface area (Å²) < 4.78 is 16.8. The maximum Gasteiger partial charge on any atom is 0.220 e. The van der Waals surface area contributed by atoms with E-state index >= 15 is 0 Å². The van der Waals surface area contributed by atoms with E-state index in [-0.39, 0.29) is 11.7 Å². The van der Waals surface area contributed by atoms with E-state index in [1.807, 2.05) is 6.92 Å². The van der Waals surface area contributed by atoms with Gasteiger partial charge in [0.1, 0.15) is 19.0 Å². The van der Waals surface area contributed by atoms with E-state index in [0.29, 0.717) is 25.0 Å². The van der Waals surface area contributed by atoms with Crippen molar-refractivity contribution in [1.82, 2.24) is 15.3 Å². The highest BCUT2D eigenvalue weighted by atomic mass is 16.6. The van der Waals surface area contributed by atoms with Crippen molar-refractivity contribution in [2.75, 3.05) is 26.3 Å². The average Bonchev–Trinajstić information content (AvgIpc) is 2.36. The lowest BCUT2D eigenvalue weighted by atomic mass is 10.1. The molecule has 6 nitrogen and oxygen atoms in total. The van der Waals surface area contributed by atoms with E-state index in [9.17, 15) is 0 Å². The molecule has 1 unspecified atom stereocenters. The number of rotatable bonds is 5. The van der Waals surface area contributed by atoms with Crippen LogP contribution in [-0.4, -0.2) is 48.0 Å². The van der Waals surface area contributed by atoms with Crippen LogP contribution in [0.1, 0.15) is 20.8 Å². The van der Waals surface area contributed by atoms with Gasteiger partial charge in [0, 0.05) is 13.1 Å². The van der Waals surface area contributed by atoms with Crippen molar-refractivity contribution < 1.29 is 14.2 Å². The van der Waals surface area contributed by atoms with Crippen LogP contribution in [-0.2, 0) is 4.74 Å². The molecule has 1 fully saturated rings. The Morgan fingerprint density at radius 1 is 1.37 bits per heavy atom. The molecule has 1 aromatic rings. The molecular formula is C13H21N3O3. The highest BCUT2D eigenvalue weighted by Crippen LogP contribution is 2.17. The zero-order chi connectivity index (χ0) is 13.7. The van der Waals surface area contributed by atoms with E-state index < -0.39 is 0 Å². The van der Waals surface area contributed by atoms with Gasteiger partial charge in [0.2, 0.25) is 11.8 Å². The molecule has 1 aliphatic rings.